The van der Waals surface area contributed by atoms with E-state index in [2.05, 4.69) is 37.9 Å². The van der Waals surface area contributed by atoms with E-state index in [4.69, 9.17) is 0 Å². The monoisotopic (exact) mass is 249 g/mol. The quantitative estimate of drug-likeness (QED) is 0.779. The maximum atomic E-state index is 14.7. The molecule has 1 aliphatic heterocycles. The van der Waals surface area contributed by atoms with Crippen LogP contribution in [0.4, 0.5) is 4.39 Å². The van der Waals surface area contributed by atoms with Crippen molar-refractivity contribution in [2.45, 2.75) is 57.3 Å². The molecule has 0 unspecified atom stereocenters. The van der Waals surface area contributed by atoms with E-state index in [1.54, 1.807) is 0 Å². The van der Waals surface area contributed by atoms with Crippen LogP contribution in [0, 0.1) is 0 Å². The summed E-state index contributed by atoms with van der Waals surface area (Å²) in [5, 5.41) is 0. The van der Waals surface area contributed by atoms with Crippen LogP contribution in [0.5, 0.6) is 0 Å². The van der Waals surface area contributed by atoms with Crippen LogP contribution >= 0.6 is 0 Å². The maximum absolute atomic E-state index is 14.7. The van der Waals surface area contributed by atoms with Crippen LogP contribution in [-0.4, -0.2) is 30.2 Å². The molecule has 2 heteroatoms. The molecule has 1 aliphatic rings. The molecule has 100 valence electrons. The lowest BCUT2D eigenvalue weighted by molar-refractivity contribution is 0.190. The number of likely N-dealkylation sites (tertiary alicyclic amines) is 1. The highest BCUT2D eigenvalue weighted by Gasteiger charge is 2.45. The van der Waals surface area contributed by atoms with Gasteiger partial charge in [0.05, 0.1) is 0 Å². The van der Waals surface area contributed by atoms with Gasteiger partial charge in [0.1, 0.15) is 6.17 Å². The molecule has 1 fully saturated rings. The fraction of sp³-hybridized carbons (Fsp3) is 0.625. The average molecular weight is 249 g/mol. The van der Waals surface area contributed by atoms with Crippen LogP contribution in [0.25, 0.3) is 0 Å². The van der Waals surface area contributed by atoms with Crippen molar-refractivity contribution in [2.75, 3.05) is 7.05 Å². The number of alkyl halides is 1. The Kier molecular flexibility index (Phi) is 4.39. The zero-order valence-electron chi connectivity index (χ0n) is 11.6. The minimum absolute atomic E-state index is 0.0260. The Morgan fingerprint density at radius 3 is 2.50 bits per heavy atom. The minimum Gasteiger partial charge on any atom is -0.297 e. The summed E-state index contributed by atoms with van der Waals surface area (Å²) in [5.74, 6) is 0.0260. The lowest BCUT2D eigenvalue weighted by Crippen LogP contribution is -2.33. The van der Waals surface area contributed by atoms with E-state index in [9.17, 15) is 4.39 Å². The minimum atomic E-state index is -0.737. The van der Waals surface area contributed by atoms with Gasteiger partial charge in [0.15, 0.2) is 0 Å². The van der Waals surface area contributed by atoms with Crippen molar-refractivity contribution >= 4 is 0 Å². The Labute approximate surface area is 110 Å². The molecule has 2 rings (SSSR count). The van der Waals surface area contributed by atoms with Gasteiger partial charge in [-0.3, -0.25) is 4.90 Å². The predicted molar refractivity (Wildman–Crippen MR) is 74.6 cm³/mol. The van der Waals surface area contributed by atoms with Crippen LogP contribution in [-0.2, 0) is 0 Å². The highest BCUT2D eigenvalue weighted by atomic mass is 19.1. The molecule has 0 bridgehead atoms. The van der Waals surface area contributed by atoms with E-state index in [1.165, 1.54) is 0 Å². The van der Waals surface area contributed by atoms with E-state index < -0.39 is 6.17 Å². The second-order valence-electron chi connectivity index (χ2n) is 5.50. The van der Waals surface area contributed by atoms with Crippen LogP contribution < -0.4 is 0 Å². The summed E-state index contributed by atoms with van der Waals surface area (Å²) in [6, 6.07) is 10.5. The van der Waals surface area contributed by atoms with Gasteiger partial charge in [-0.05, 0) is 26.0 Å². The summed E-state index contributed by atoms with van der Waals surface area (Å²) in [6.07, 6.45) is 2.49. The second kappa shape index (κ2) is 5.83. The number of halogens is 1. The highest BCUT2D eigenvalue weighted by Crippen LogP contribution is 2.40. The first-order valence-electron chi connectivity index (χ1n) is 7.07. The molecule has 1 heterocycles. The van der Waals surface area contributed by atoms with Gasteiger partial charge in [0.2, 0.25) is 0 Å². The van der Waals surface area contributed by atoms with Gasteiger partial charge in [0, 0.05) is 18.0 Å². The SMILES string of the molecule is CCCC[C@H]1[C@H](F)[C@@H](c2ccccc2)[C@H](C)N1C. The van der Waals surface area contributed by atoms with E-state index >= 15 is 0 Å². The fourth-order valence-electron chi connectivity index (χ4n) is 3.20. The third-order valence-electron chi connectivity index (χ3n) is 4.43. The standard InChI is InChI=1S/C16H24FN/c1-4-5-11-14-16(17)15(12(2)18(14)3)13-9-7-6-8-10-13/h6-10,12,14-16H,4-5,11H2,1-3H3/t12-,14-,15+,16-/m0/s1. The fourth-order valence-corrected chi connectivity index (χ4v) is 3.20. The summed E-state index contributed by atoms with van der Waals surface area (Å²) in [4.78, 5) is 2.23. The van der Waals surface area contributed by atoms with Crippen molar-refractivity contribution in [1.82, 2.24) is 4.90 Å². The van der Waals surface area contributed by atoms with Gasteiger partial charge in [0.25, 0.3) is 0 Å². The summed E-state index contributed by atoms with van der Waals surface area (Å²) < 4.78 is 14.7. The predicted octanol–water partition coefficient (Wildman–Crippen LogP) is 4.00. The zero-order chi connectivity index (χ0) is 13.1. The zero-order valence-corrected chi connectivity index (χ0v) is 11.6. The summed E-state index contributed by atoms with van der Waals surface area (Å²) in [6.45, 7) is 4.32. The van der Waals surface area contributed by atoms with Crippen LogP contribution in [0.15, 0.2) is 30.3 Å². The molecule has 1 nitrogen and oxygen atoms in total. The summed E-state index contributed by atoms with van der Waals surface area (Å²) >= 11 is 0. The molecule has 4 atom stereocenters. The van der Waals surface area contributed by atoms with Crippen molar-refractivity contribution in [2.24, 2.45) is 0 Å². The first-order chi connectivity index (χ1) is 8.66. The van der Waals surface area contributed by atoms with Crippen LogP contribution in [0.2, 0.25) is 0 Å². The van der Waals surface area contributed by atoms with Crippen molar-refractivity contribution in [3.8, 4) is 0 Å². The Balaban J connectivity index is 2.17. The number of rotatable bonds is 4. The van der Waals surface area contributed by atoms with Gasteiger partial charge in [-0.1, -0.05) is 50.1 Å². The van der Waals surface area contributed by atoms with Gasteiger partial charge >= 0.3 is 0 Å². The molecule has 0 aromatic heterocycles. The average Bonchev–Trinajstić information content (AvgIpc) is 2.60. The topological polar surface area (TPSA) is 3.24 Å². The van der Waals surface area contributed by atoms with Crippen molar-refractivity contribution in [1.29, 1.82) is 0 Å². The molecule has 0 amide bonds. The lowest BCUT2D eigenvalue weighted by atomic mass is 9.89. The van der Waals surface area contributed by atoms with E-state index in [0.717, 1.165) is 24.8 Å². The molecule has 0 radical (unpaired) electrons. The number of unbranched alkanes of at least 4 members (excludes halogenated alkanes) is 1. The smallest absolute Gasteiger partial charge is 0.124 e. The molecule has 1 aromatic rings. The lowest BCUT2D eigenvalue weighted by Gasteiger charge is -2.23. The first-order valence-corrected chi connectivity index (χ1v) is 7.07. The summed E-state index contributed by atoms with van der Waals surface area (Å²) in [5.41, 5.74) is 1.14. The Hall–Kier alpha value is -0.890. The van der Waals surface area contributed by atoms with Gasteiger partial charge in [-0.15, -0.1) is 0 Å². The van der Waals surface area contributed by atoms with Crippen molar-refractivity contribution < 1.29 is 4.39 Å². The van der Waals surface area contributed by atoms with Gasteiger partial charge in [-0.25, -0.2) is 4.39 Å². The van der Waals surface area contributed by atoms with E-state index in [0.29, 0.717) is 0 Å². The second-order valence-corrected chi connectivity index (χ2v) is 5.50. The molecule has 0 N–H and O–H groups in total. The molecule has 0 saturated carbocycles. The first kappa shape index (κ1) is 13.5. The Morgan fingerprint density at radius 1 is 1.22 bits per heavy atom. The number of nitrogens with zero attached hydrogens (tertiary/aromatic N) is 1. The molecule has 18 heavy (non-hydrogen) atoms. The number of hydrogen-bond donors (Lipinski definition) is 0. The van der Waals surface area contributed by atoms with Crippen LogP contribution in [0.1, 0.15) is 44.6 Å². The third-order valence-corrected chi connectivity index (χ3v) is 4.43. The normalized spacial score (nSPS) is 32.9. The third kappa shape index (κ3) is 2.44. The number of likely N-dealkylation sites (N-methyl/N-ethyl adjacent to an activating group) is 1. The van der Waals surface area contributed by atoms with Crippen molar-refractivity contribution in [3.63, 3.8) is 0 Å². The Morgan fingerprint density at radius 2 is 1.89 bits per heavy atom. The van der Waals surface area contributed by atoms with Gasteiger partial charge in [-0.2, -0.15) is 0 Å². The highest BCUT2D eigenvalue weighted by molar-refractivity contribution is 5.25. The van der Waals surface area contributed by atoms with E-state index in [1.807, 2.05) is 18.2 Å². The Bertz CT molecular complexity index is 365. The molecular weight excluding hydrogens is 225 g/mol. The number of hydrogen-bond acceptors (Lipinski definition) is 1. The summed E-state index contributed by atoms with van der Waals surface area (Å²) in [7, 11) is 2.07. The van der Waals surface area contributed by atoms with E-state index in [-0.39, 0.29) is 18.0 Å². The molecule has 0 aliphatic carbocycles. The van der Waals surface area contributed by atoms with Crippen LogP contribution in [0.3, 0.4) is 0 Å². The largest absolute Gasteiger partial charge is 0.297 e. The molecular formula is C16H24FN. The molecule has 1 saturated heterocycles. The molecule has 1 aromatic carbocycles. The number of benzene rings is 1. The van der Waals surface area contributed by atoms with Crippen molar-refractivity contribution in [3.05, 3.63) is 35.9 Å². The maximum Gasteiger partial charge on any atom is 0.124 e. The van der Waals surface area contributed by atoms with Gasteiger partial charge < -0.3 is 0 Å². The molecule has 0 spiro atoms.